The van der Waals surface area contributed by atoms with Crippen molar-refractivity contribution >= 4 is 23.2 Å². The molecule has 1 saturated heterocycles. The SMILES string of the molecule is Fc1cc(CN2CCCCC2)c(Cl)cc1Cl. The summed E-state index contributed by atoms with van der Waals surface area (Å²) in [6, 6.07) is 2.93. The number of benzene rings is 1. The summed E-state index contributed by atoms with van der Waals surface area (Å²) in [5.74, 6) is -0.391. The molecule has 2 rings (SSSR count). The molecule has 1 nitrogen and oxygen atoms in total. The van der Waals surface area contributed by atoms with Crippen molar-refractivity contribution in [2.45, 2.75) is 25.8 Å². The van der Waals surface area contributed by atoms with Crippen molar-refractivity contribution in [3.8, 4) is 0 Å². The average Bonchev–Trinajstić information content (AvgIpc) is 2.27. The highest BCUT2D eigenvalue weighted by molar-refractivity contribution is 6.35. The maximum atomic E-state index is 13.3. The normalized spacial score (nSPS) is 17.7. The van der Waals surface area contributed by atoms with Crippen molar-refractivity contribution in [1.29, 1.82) is 0 Å². The molecule has 0 aliphatic carbocycles. The number of hydrogen-bond donors (Lipinski definition) is 0. The van der Waals surface area contributed by atoms with Gasteiger partial charge in [-0.25, -0.2) is 4.39 Å². The maximum Gasteiger partial charge on any atom is 0.142 e. The molecule has 0 unspecified atom stereocenters. The number of likely N-dealkylation sites (tertiary alicyclic amines) is 1. The zero-order valence-corrected chi connectivity index (χ0v) is 10.5. The minimum absolute atomic E-state index is 0.0902. The van der Waals surface area contributed by atoms with Crippen LogP contribution in [0.2, 0.25) is 10.0 Å². The topological polar surface area (TPSA) is 3.24 Å². The molecule has 0 spiro atoms. The lowest BCUT2D eigenvalue weighted by molar-refractivity contribution is 0.220. The smallest absolute Gasteiger partial charge is 0.142 e. The Bertz CT molecular complexity index is 376. The fraction of sp³-hybridized carbons (Fsp3) is 0.500. The Kier molecular flexibility index (Phi) is 4.06. The molecule has 1 aromatic rings. The summed E-state index contributed by atoms with van der Waals surface area (Å²) in [4.78, 5) is 2.30. The van der Waals surface area contributed by atoms with Crippen molar-refractivity contribution in [3.05, 3.63) is 33.6 Å². The van der Waals surface area contributed by atoms with Crippen molar-refractivity contribution in [1.82, 2.24) is 4.90 Å². The fourth-order valence-electron chi connectivity index (χ4n) is 2.04. The Balaban J connectivity index is 2.11. The first-order chi connectivity index (χ1) is 7.66. The molecule has 1 aliphatic heterocycles. The van der Waals surface area contributed by atoms with Crippen LogP contribution >= 0.6 is 23.2 Å². The molecule has 0 bridgehead atoms. The highest BCUT2D eigenvalue weighted by atomic mass is 35.5. The highest BCUT2D eigenvalue weighted by Gasteiger charge is 2.13. The molecule has 0 N–H and O–H groups in total. The van der Waals surface area contributed by atoms with E-state index in [9.17, 15) is 4.39 Å². The lowest BCUT2D eigenvalue weighted by atomic mass is 10.1. The van der Waals surface area contributed by atoms with E-state index in [1.54, 1.807) is 0 Å². The Morgan fingerprint density at radius 1 is 1.06 bits per heavy atom. The lowest BCUT2D eigenvalue weighted by Crippen LogP contribution is -2.29. The zero-order valence-electron chi connectivity index (χ0n) is 8.98. The van der Waals surface area contributed by atoms with Gasteiger partial charge in [0.25, 0.3) is 0 Å². The van der Waals surface area contributed by atoms with Gasteiger partial charge in [-0.3, -0.25) is 4.90 Å². The summed E-state index contributed by atoms with van der Waals surface area (Å²) < 4.78 is 13.3. The highest BCUT2D eigenvalue weighted by Crippen LogP contribution is 2.26. The first kappa shape index (κ1) is 12.2. The monoisotopic (exact) mass is 261 g/mol. The second-order valence-corrected chi connectivity index (χ2v) is 5.01. The second kappa shape index (κ2) is 5.35. The first-order valence-corrected chi connectivity index (χ1v) is 6.28. The summed E-state index contributed by atoms with van der Waals surface area (Å²) in [6.07, 6.45) is 3.72. The van der Waals surface area contributed by atoms with Crippen molar-refractivity contribution < 1.29 is 4.39 Å². The number of nitrogens with zero attached hydrogens (tertiary/aromatic N) is 1. The molecule has 1 fully saturated rings. The van der Waals surface area contributed by atoms with Gasteiger partial charge in [-0.15, -0.1) is 0 Å². The van der Waals surface area contributed by atoms with Crippen LogP contribution in [0.5, 0.6) is 0 Å². The minimum atomic E-state index is -0.391. The van der Waals surface area contributed by atoms with E-state index >= 15 is 0 Å². The van der Waals surface area contributed by atoms with E-state index in [0.717, 1.165) is 18.7 Å². The Hall–Kier alpha value is -0.310. The predicted molar refractivity (Wildman–Crippen MR) is 65.5 cm³/mol. The van der Waals surface area contributed by atoms with Crippen LogP contribution in [0.1, 0.15) is 24.8 Å². The Labute approximate surface area is 105 Å². The zero-order chi connectivity index (χ0) is 11.5. The van der Waals surface area contributed by atoms with E-state index in [1.165, 1.54) is 31.4 Å². The molecular formula is C12H14Cl2FN. The van der Waals surface area contributed by atoms with Gasteiger partial charge >= 0.3 is 0 Å². The molecule has 88 valence electrons. The van der Waals surface area contributed by atoms with Gasteiger partial charge in [0.1, 0.15) is 5.82 Å². The van der Waals surface area contributed by atoms with Crippen LogP contribution in [0.25, 0.3) is 0 Å². The van der Waals surface area contributed by atoms with E-state index in [-0.39, 0.29) is 5.02 Å². The third kappa shape index (κ3) is 2.88. The molecule has 0 amide bonds. The number of rotatable bonds is 2. The van der Waals surface area contributed by atoms with Gasteiger partial charge in [0.15, 0.2) is 0 Å². The predicted octanol–water partition coefficient (Wildman–Crippen LogP) is 4.12. The largest absolute Gasteiger partial charge is 0.299 e. The molecule has 0 aromatic heterocycles. The van der Waals surface area contributed by atoms with Crippen LogP contribution in [0, 0.1) is 5.82 Å². The van der Waals surface area contributed by atoms with Gasteiger partial charge < -0.3 is 0 Å². The van der Waals surface area contributed by atoms with Gasteiger partial charge in [0.2, 0.25) is 0 Å². The number of piperidine rings is 1. The molecule has 1 heterocycles. The standard InChI is InChI=1S/C12H14Cl2FN/c13-10-7-11(14)12(15)6-9(10)8-16-4-2-1-3-5-16/h6-7H,1-5,8H2. The molecule has 1 aromatic carbocycles. The van der Waals surface area contributed by atoms with Crippen LogP contribution < -0.4 is 0 Å². The Morgan fingerprint density at radius 3 is 2.44 bits per heavy atom. The van der Waals surface area contributed by atoms with E-state index in [4.69, 9.17) is 23.2 Å². The van der Waals surface area contributed by atoms with Crippen LogP contribution in [-0.2, 0) is 6.54 Å². The summed E-state index contributed by atoms with van der Waals surface area (Å²) in [6.45, 7) is 2.86. The van der Waals surface area contributed by atoms with Crippen molar-refractivity contribution in [3.63, 3.8) is 0 Å². The first-order valence-electron chi connectivity index (χ1n) is 5.52. The van der Waals surface area contributed by atoms with E-state index in [2.05, 4.69) is 4.90 Å². The molecule has 0 saturated carbocycles. The van der Waals surface area contributed by atoms with Crippen LogP contribution in [0.4, 0.5) is 4.39 Å². The van der Waals surface area contributed by atoms with Crippen molar-refractivity contribution in [2.24, 2.45) is 0 Å². The van der Waals surface area contributed by atoms with Crippen LogP contribution in [0.3, 0.4) is 0 Å². The summed E-state index contributed by atoms with van der Waals surface area (Å²) in [5, 5.41) is 0.643. The molecular weight excluding hydrogens is 248 g/mol. The molecule has 4 heteroatoms. The third-order valence-electron chi connectivity index (χ3n) is 2.93. The molecule has 16 heavy (non-hydrogen) atoms. The van der Waals surface area contributed by atoms with Crippen LogP contribution in [-0.4, -0.2) is 18.0 Å². The second-order valence-electron chi connectivity index (χ2n) is 4.19. The third-order valence-corrected chi connectivity index (χ3v) is 3.57. The molecule has 0 atom stereocenters. The van der Waals surface area contributed by atoms with Gasteiger partial charge in [0.05, 0.1) is 5.02 Å². The lowest BCUT2D eigenvalue weighted by Gasteiger charge is -2.26. The Morgan fingerprint density at radius 2 is 1.75 bits per heavy atom. The number of hydrogen-bond acceptors (Lipinski definition) is 1. The number of halogens is 3. The minimum Gasteiger partial charge on any atom is -0.299 e. The molecule has 0 radical (unpaired) electrons. The van der Waals surface area contributed by atoms with Gasteiger partial charge in [-0.2, -0.15) is 0 Å². The maximum absolute atomic E-state index is 13.3. The summed E-state index contributed by atoms with van der Waals surface area (Å²) >= 11 is 11.7. The van der Waals surface area contributed by atoms with Gasteiger partial charge in [-0.1, -0.05) is 29.6 Å². The summed E-state index contributed by atoms with van der Waals surface area (Å²) in [7, 11) is 0. The summed E-state index contributed by atoms with van der Waals surface area (Å²) in [5.41, 5.74) is 0.825. The van der Waals surface area contributed by atoms with Gasteiger partial charge in [-0.05, 0) is 43.6 Å². The van der Waals surface area contributed by atoms with Gasteiger partial charge in [0, 0.05) is 11.6 Å². The van der Waals surface area contributed by atoms with E-state index < -0.39 is 5.82 Å². The van der Waals surface area contributed by atoms with E-state index in [1.807, 2.05) is 0 Å². The molecule has 1 aliphatic rings. The quantitative estimate of drug-likeness (QED) is 0.725. The van der Waals surface area contributed by atoms with Crippen LogP contribution in [0.15, 0.2) is 12.1 Å². The van der Waals surface area contributed by atoms with E-state index in [0.29, 0.717) is 11.6 Å². The van der Waals surface area contributed by atoms with Crippen molar-refractivity contribution in [2.75, 3.05) is 13.1 Å². The fourth-order valence-corrected chi connectivity index (χ4v) is 2.49. The average molecular weight is 262 g/mol.